The van der Waals surface area contributed by atoms with Crippen molar-refractivity contribution in [1.82, 2.24) is 9.88 Å². The molecule has 1 N–H and O–H groups in total. The van der Waals surface area contributed by atoms with Gasteiger partial charge >= 0.3 is 0 Å². The van der Waals surface area contributed by atoms with Crippen molar-refractivity contribution in [2.24, 2.45) is 0 Å². The number of benzene rings is 2. The number of nitrogens with one attached hydrogen (secondary N) is 1. The minimum atomic E-state index is -0.366. The fourth-order valence-electron chi connectivity index (χ4n) is 2.96. The van der Waals surface area contributed by atoms with E-state index in [0.29, 0.717) is 12.1 Å². The molecule has 0 unspecified atom stereocenters. The van der Waals surface area contributed by atoms with E-state index in [1.807, 2.05) is 74.5 Å². The number of H-pyrrole nitrogens is 1. The molecule has 3 rings (SSSR count). The highest BCUT2D eigenvalue weighted by Gasteiger charge is 2.25. The number of nitrogens with zero attached hydrogens (tertiary/aromatic N) is 1. The van der Waals surface area contributed by atoms with E-state index in [2.05, 4.69) is 4.98 Å². The number of aromatic amines is 1. The van der Waals surface area contributed by atoms with Crippen molar-refractivity contribution >= 4 is 5.91 Å². The lowest BCUT2D eigenvalue weighted by atomic mass is 10.00. The molecule has 0 atom stereocenters. The summed E-state index contributed by atoms with van der Waals surface area (Å²) in [6.07, 6.45) is 1.58. The second-order valence-electron chi connectivity index (χ2n) is 6.47. The van der Waals surface area contributed by atoms with E-state index in [1.165, 1.54) is 0 Å². The van der Waals surface area contributed by atoms with Crippen molar-refractivity contribution in [1.29, 1.82) is 0 Å². The standard InChI is InChI=1S/C22H22N2O2/c1-16(2)24(15-17-9-5-3-6-10-17)22(26)20-19(13-14-23-21(20)25)18-11-7-4-8-12-18/h3-14,16H,15H2,1-2H3,(H,23,25). The van der Waals surface area contributed by atoms with Gasteiger partial charge in [0.1, 0.15) is 5.56 Å². The Morgan fingerprint density at radius 2 is 1.58 bits per heavy atom. The molecular formula is C22H22N2O2. The molecule has 0 aliphatic carbocycles. The zero-order chi connectivity index (χ0) is 18.5. The largest absolute Gasteiger partial charge is 0.332 e. The lowest BCUT2D eigenvalue weighted by Crippen LogP contribution is -2.39. The van der Waals surface area contributed by atoms with Gasteiger partial charge in [0.25, 0.3) is 11.5 Å². The Morgan fingerprint density at radius 3 is 2.19 bits per heavy atom. The molecular weight excluding hydrogens is 324 g/mol. The summed E-state index contributed by atoms with van der Waals surface area (Å²) < 4.78 is 0. The molecule has 1 heterocycles. The van der Waals surface area contributed by atoms with Crippen LogP contribution in [0.3, 0.4) is 0 Å². The Balaban J connectivity index is 2.04. The highest BCUT2D eigenvalue weighted by Crippen LogP contribution is 2.23. The Labute approximate surface area is 153 Å². The maximum Gasteiger partial charge on any atom is 0.261 e. The molecule has 0 spiro atoms. The summed E-state index contributed by atoms with van der Waals surface area (Å²) in [5.41, 5.74) is 2.35. The molecule has 132 valence electrons. The van der Waals surface area contributed by atoms with E-state index >= 15 is 0 Å². The molecule has 2 aromatic carbocycles. The third-order valence-corrected chi connectivity index (χ3v) is 4.34. The van der Waals surface area contributed by atoms with Crippen LogP contribution in [0.4, 0.5) is 0 Å². The van der Waals surface area contributed by atoms with E-state index < -0.39 is 0 Å². The molecule has 0 saturated heterocycles. The lowest BCUT2D eigenvalue weighted by Gasteiger charge is -2.27. The average Bonchev–Trinajstić information content (AvgIpc) is 2.66. The van der Waals surface area contributed by atoms with Crippen LogP contribution in [0, 0.1) is 0 Å². The second-order valence-corrected chi connectivity index (χ2v) is 6.47. The molecule has 1 aromatic heterocycles. The van der Waals surface area contributed by atoms with E-state index in [0.717, 1.165) is 11.1 Å². The Kier molecular flexibility index (Phi) is 5.32. The SMILES string of the molecule is CC(C)N(Cc1ccccc1)C(=O)c1c(-c2ccccc2)cc[nH]c1=O. The number of amides is 1. The van der Waals surface area contributed by atoms with Crippen molar-refractivity contribution < 1.29 is 4.79 Å². The van der Waals surface area contributed by atoms with Crippen LogP contribution in [0.5, 0.6) is 0 Å². The monoisotopic (exact) mass is 346 g/mol. The van der Waals surface area contributed by atoms with Crippen LogP contribution in [0.1, 0.15) is 29.8 Å². The molecule has 3 aromatic rings. The van der Waals surface area contributed by atoms with Gasteiger partial charge in [0.05, 0.1) is 0 Å². The van der Waals surface area contributed by atoms with Gasteiger partial charge in [0, 0.05) is 24.3 Å². The summed E-state index contributed by atoms with van der Waals surface area (Å²) in [4.78, 5) is 30.2. The molecule has 1 amide bonds. The van der Waals surface area contributed by atoms with Crippen molar-refractivity contribution in [2.75, 3.05) is 0 Å². The number of rotatable bonds is 5. The number of pyridine rings is 1. The fourth-order valence-corrected chi connectivity index (χ4v) is 2.96. The molecule has 0 fully saturated rings. The third-order valence-electron chi connectivity index (χ3n) is 4.34. The van der Waals surface area contributed by atoms with Crippen LogP contribution < -0.4 is 5.56 Å². The van der Waals surface area contributed by atoms with Gasteiger partial charge in [-0.1, -0.05) is 60.7 Å². The van der Waals surface area contributed by atoms with Crippen molar-refractivity contribution in [3.63, 3.8) is 0 Å². The fraction of sp³-hybridized carbons (Fsp3) is 0.182. The van der Waals surface area contributed by atoms with Crippen molar-refractivity contribution in [2.45, 2.75) is 26.4 Å². The topological polar surface area (TPSA) is 53.2 Å². The maximum atomic E-state index is 13.3. The van der Waals surface area contributed by atoms with Gasteiger partial charge in [0.2, 0.25) is 0 Å². The van der Waals surface area contributed by atoms with Crippen LogP contribution in [0.25, 0.3) is 11.1 Å². The first-order valence-electron chi connectivity index (χ1n) is 8.70. The van der Waals surface area contributed by atoms with Crippen LogP contribution in [-0.4, -0.2) is 21.8 Å². The summed E-state index contributed by atoms with van der Waals surface area (Å²) in [7, 11) is 0. The molecule has 0 saturated carbocycles. The predicted molar refractivity (Wildman–Crippen MR) is 104 cm³/mol. The minimum absolute atomic E-state index is 0.0362. The van der Waals surface area contributed by atoms with Gasteiger partial charge in [-0.25, -0.2) is 0 Å². The number of hydrogen-bond donors (Lipinski definition) is 1. The summed E-state index contributed by atoms with van der Waals surface area (Å²) in [6.45, 7) is 4.38. The molecule has 26 heavy (non-hydrogen) atoms. The highest BCUT2D eigenvalue weighted by atomic mass is 16.2. The maximum absolute atomic E-state index is 13.3. The molecule has 4 heteroatoms. The van der Waals surface area contributed by atoms with Crippen LogP contribution in [-0.2, 0) is 6.54 Å². The number of carbonyl (C=O) groups excluding carboxylic acids is 1. The van der Waals surface area contributed by atoms with Crippen LogP contribution >= 0.6 is 0 Å². The first-order chi connectivity index (χ1) is 12.6. The number of hydrogen-bond acceptors (Lipinski definition) is 2. The van der Waals surface area contributed by atoms with Gasteiger partial charge in [-0.15, -0.1) is 0 Å². The number of carbonyl (C=O) groups is 1. The average molecular weight is 346 g/mol. The minimum Gasteiger partial charge on any atom is -0.332 e. The number of aromatic nitrogens is 1. The van der Waals surface area contributed by atoms with Crippen LogP contribution in [0.2, 0.25) is 0 Å². The first-order valence-corrected chi connectivity index (χ1v) is 8.70. The summed E-state index contributed by atoms with van der Waals surface area (Å²) in [5, 5.41) is 0. The Hall–Kier alpha value is -3.14. The second kappa shape index (κ2) is 7.83. The van der Waals surface area contributed by atoms with E-state index in [4.69, 9.17) is 0 Å². The smallest absolute Gasteiger partial charge is 0.261 e. The molecule has 0 radical (unpaired) electrons. The predicted octanol–water partition coefficient (Wildman–Crippen LogP) is 4.09. The first kappa shape index (κ1) is 17.7. The van der Waals surface area contributed by atoms with E-state index in [9.17, 15) is 9.59 Å². The quantitative estimate of drug-likeness (QED) is 0.756. The van der Waals surface area contributed by atoms with Crippen molar-refractivity contribution in [3.05, 3.63) is 94.4 Å². The van der Waals surface area contributed by atoms with Gasteiger partial charge < -0.3 is 9.88 Å². The zero-order valence-corrected chi connectivity index (χ0v) is 15.0. The summed E-state index contributed by atoms with van der Waals surface area (Å²) in [5.74, 6) is -0.260. The zero-order valence-electron chi connectivity index (χ0n) is 15.0. The Morgan fingerprint density at radius 1 is 0.962 bits per heavy atom. The Bertz CT molecular complexity index is 931. The summed E-state index contributed by atoms with van der Waals surface area (Å²) in [6, 6.07) is 21.1. The third kappa shape index (κ3) is 3.75. The van der Waals surface area contributed by atoms with E-state index in [-0.39, 0.29) is 23.1 Å². The van der Waals surface area contributed by atoms with Gasteiger partial charge in [-0.2, -0.15) is 0 Å². The normalized spacial score (nSPS) is 10.7. The molecule has 0 aliphatic rings. The van der Waals surface area contributed by atoms with Gasteiger partial charge in [0.15, 0.2) is 0 Å². The van der Waals surface area contributed by atoms with Gasteiger partial charge in [-0.05, 0) is 31.0 Å². The highest BCUT2D eigenvalue weighted by molar-refractivity contribution is 6.00. The lowest BCUT2D eigenvalue weighted by molar-refractivity contribution is 0.0689. The molecule has 0 bridgehead atoms. The summed E-state index contributed by atoms with van der Waals surface area (Å²) >= 11 is 0. The molecule has 4 nitrogen and oxygen atoms in total. The van der Waals surface area contributed by atoms with Gasteiger partial charge in [-0.3, -0.25) is 9.59 Å². The van der Waals surface area contributed by atoms with E-state index in [1.54, 1.807) is 17.2 Å². The van der Waals surface area contributed by atoms with Crippen LogP contribution in [0.15, 0.2) is 77.7 Å². The molecule has 0 aliphatic heterocycles. The van der Waals surface area contributed by atoms with Crippen molar-refractivity contribution in [3.8, 4) is 11.1 Å².